The summed E-state index contributed by atoms with van der Waals surface area (Å²) in [7, 11) is 0. The fraction of sp³-hybridized carbons (Fsp3) is 0.500. The number of nitrogens with one attached hydrogen (secondary N) is 1. The van der Waals surface area contributed by atoms with Crippen LogP contribution >= 0.6 is 0 Å². The SMILES string of the molecule is N#CC1(NCCO)CCN(Cc2ccccc2)C1. The van der Waals surface area contributed by atoms with Crippen molar-refractivity contribution in [2.24, 2.45) is 0 Å². The maximum atomic E-state index is 9.31. The summed E-state index contributed by atoms with van der Waals surface area (Å²) < 4.78 is 0. The highest BCUT2D eigenvalue weighted by Crippen LogP contribution is 2.22. The van der Waals surface area contributed by atoms with Crippen molar-refractivity contribution in [2.75, 3.05) is 26.2 Å². The number of nitrogens with zero attached hydrogens (tertiary/aromatic N) is 2. The molecule has 4 heteroatoms. The molecule has 4 nitrogen and oxygen atoms in total. The smallest absolute Gasteiger partial charge is 0.120 e. The van der Waals surface area contributed by atoms with E-state index in [9.17, 15) is 5.26 Å². The van der Waals surface area contributed by atoms with Gasteiger partial charge in [0.25, 0.3) is 0 Å². The molecule has 0 bridgehead atoms. The second-order valence-electron chi connectivity index (χ2n) is 4.79. The lowest BCUT2D eigenvalue weighted by molar-refractivity contribution is 0.262. The van der Waals surface area contributed by atoms with E-state index < -0.39 is 5.54 Å². The molecule has 1 aromatic rings. The molecule has 2 N–H and O–H groups in total. The lowest BCUT2D eigenvalue weighted by Gasteiger charge is -2.23. The molecule has 1 atom stereocenters. The Morgan fingerprint density at radius 2 is 2.17 bits per heavy atom. The zero-order chi connectivity index (χ0) is 12.8. The van der Waals surface area contributed by atoms with Crippen LogP contribution in [0.3, 0.4) is 0 Å². The second kappa shape index (κ2) is 5.96. The standard InChI is InChI=1S/C14H19N3O/c15-11-14(16-7-9-18)6-8-17(12-14)10-13-4-2-1-3-5-13/h1-5,16,18H,6-10,12H2. The van der Waals surface area contributed by atoms with E-state index >= 15 is 0 Å². The minimum atomic E-state index is -0.489. The minimum absolute atomic E-state index is 0.0715. The Morgan fingerprint density at radius 1 is 1.39 bits per heavy atom. The Kier molecular flexibility index (Phi) is 4.32. The third-order valence-corrected chi connectivity index (χ3v) is 3.39. The second-order valence-corrected chi connectivity index (χ2v) is 4.79. The lowest BCUT2D eigenvalue weighted by Crippen LogP contribution is -2.47. The van der Waals surface area contributed by atoms with Gasteiger partial charge in [-0.2, -0.15) is 5.26 Å². The predicted octanol–water partition coefficient (Wildman–Crippen LogP) is 0.737. The summed E-state index contributed by atoms with van der Waals surface area (Å²) in [6.45, 7) is 3.07. The highest BCUT2D eigenvalue weighted by Gasteiger charge is 2.37. The first-order chi connectivity index (χ1) is 8.78. The molecule has 1 fully saturated rings. The molecule has 0 saturated carbocycles. The van der Waals surface area contributed by atoms with Gasteiger partial charge in [-0.1, -0.05) is 30.3 Å². The zero-order valence-corrected chi connectivity index (χ0v) is 10.5. The maximum absolute atomic E-state index is 9.31. The third-order valence-electron chi connectivity index (χ3n) is 3.39. The molecule has 0 aliphatic carbocycles. The third kappa shape index (κ3) is 3.08. The van der Waals surface area contributed by atoms with Gasteiger partial charge in [0.2, 0.25) is 0 Å². The van der Waals surface area contributed by atoms with Gasteiger partial charge in [0.05, 0.1) is 12.7 Å². The van der Waals surface area contributed by atoms with E-state index in [1.54, 1.807) is 0 Å². The van der Waals surface area contributed by atoms with Gasteiger partial charge < -0.3 is 5.11 Å². The van der Waals surface area contributed by atoms with Crippen molar-refractivity contribution in [2.45, 2.75) is 18.5 Å². The number of benzene rings is 1. The zero-order valence-electron chi connectivity index (χ0n) is 10.5. The predicted molar refractivity (Wildman–Crippen MR) is 69.8 cm³/mol. The highest BCUT2D eigenvalue weighted by atomic mass is 16.3. The molecule has 1 aromatic carbocycles. The summed E-state index contributed by atoms with van der Waals surface area (Å²) in [5, 5.41) is 21.3. The van der Waals surface area contributed by atoms with Crippen LogP contribution in [0.1, 0.15) is 12.0 Å². The normalized spacial score (nSPS) is 24.0. The van der Waals surface area contributed by atoms with Crippen LogP contribution < -0.4 is 5.32 Å². The van der Waals surface area contributed by atoms with Crippen LogP contribution in [0.15, 0.2) is 30.3 Å². The van der Waals surface area contributed by atoms with Crippen molar-refractivity contribution >= 4 is 0 Å². The Morgan fingerprint density at radius 3 is 2.83 bits per heavy atom. The minimum Gasteiger partial charge on any atom is -0.395 e. The van der Waals surface area contributed by atoms with Gasteiger partial charge >= 0.3 is 0 Å². The number of hydrogen-bond acceptors (Lipinski definition) is 4. The summed E-state index contributed by atoms with van der Waals surface area (Å²) in [5.74, 6) is 0. The average Bonchev–Trinajstić information content (AvgIpc) is 2.82. The van der Waals surface area contributed by atoms with E-state index in [4.69, 9.17) is 5.11 Å². The number of nitriles is 1. The van der Waals surface area contributed by atoms with Crippen molar-refractivity contribution in [3.05, 3.63) is 35.9 Å². The first-order valence-corrected chi connectivity index (χ1v) is 6.31. The van der Waals surface area contributed by atoms with E-state index in [1.807, 2.05) is 18.2 Å². The van der Waals surface area contributed by atoms with Gasteiger partial charge in [-0.3, -0.25) is 10.2 Å². The molecule has 0 aromatic heterocycles. The molecule has 1 unspecified atom stereocenters. The van der Waals surface area contributed by atoms with Crippen molar-refractivity contribution in [1.82, 2.24) is 10.2 Å². The number of aliphatic hydroxyl groups excluding tert-OH is 1. The van der Waals surface area contributed by atoms with E-state index in [0.717, 1.165) is 26.1 Å². The Balaban J connectivity index is 1.93. The summed E-state index contributed by atoms with van der Waals surface area (Å²) in [6, 6.07) is 12.7. The Hall–Kier alpha value is -1.41. The molecule has 0 radical (unpaired) electrons. The fourth-order valence-corrected chi connectivity index (χ4v) is 2.44. The molecular weight excluding hydrogens is 226 g/mol. The van der Waals surface area contributed by atoms with Gasteiger partial charge in [0.15, 0.2) is 0 Å². The van der Waals surface area contributed by atoms with Crippen molar-refractivity contribution in [1.29, 1.82) is 5.26 Å². The number of aliphatic hydroxyl groups is 1. The Bertz CT molecular complexity index is 415. The largest absolute Gasteiger partial charge is 0.395 e. The topological polar surface area (TPSA) is 59.3 Å². The Labute approximate surface area is 108 Å². The van der Waals surface area contributed by atoms with Crippen LogP contribution in [0.4, 0.5) is 0 Å². The summed E-state index contributed by atoms with van der Waals surface area (Å²) in [5.41, 5.74) is 0.783. The van der Waals surface area contributed by atoms with Gasteiger partial charge in [-0.05, 0) is 12.0 Å². The summed E-state index contributed by atoms with van der Waals surface area (Å²) in [6.07, 6.45) is 0.816. The van der Waals surface area contributed by atoms with Gasteiger partial charge in [-0.15, -0.1) is 0 Å². The van der Waals surface area contributed by atoms with Gasteiger partial charge in [0.1, 0.15) is 5.54 Å². The quantitative estimate of drug-likeness (QED) is 0.803. The van der Waals surface area contributed by atoms with Crippen LogP contribution in [0.2, 0.25) is 0 Å². The molecule has 1 aliphatic heterocycles. The van der Waals surface area contributed by atoms with Gasteiger partial charge in [0, 0.05) is 26.2 Å². The van der Waals surface area contributed by atoms with E-state index in [0.29, 0.717) is 6.54 Å². The molecule has 1 heterocycles. The summed E-state index contributed by atoms with van der Waals surface area (Å²) >= 11 is 0. The molecule has 1 aliphatic rings. The van der Waals surface area contributed by atoms with E-state index in [2.05, 4.69) is 28.4 Å². The van der Waals surface area contributed by atoms with E-state index in [1.165, 1.54) is 5.56 Å². The number of β-amino-alcohol motifs (C(OH)–C–C–N with tert-alkyl or cyclic N) is 1. The lowest BCUT2D eigenvalue weighted by atomic mass is 10.0. The van der Waals surface area contributed by atoms with Crippen LogP contribution in [0.5, 0.6) is 0 Å². The van der Waals surface area contributed by atoms with Crippen LogP contribution in [0.25, 0.3) is 0 Å². The monoisotopic (exact) mass is 245 g/mol. The molecule has 1 saturated heterocycles. The van der Waals surface area contributed by atoms with Crippen molar-refractivity contribution in [3.8, 4) is 6.07 Å². The number of likely N-dealkylation sites (tertiary alicyclic amines) is 1. The van der Waals surface area contributed by atoms with Crippen LogP contribution in [0, 0.1) is 11.3 Å². The van der Waals surface area contributed by atoms with E-state index in [-0.39, 0.29) is 6.61 Å². The number of rotatable bonds is 5. The molecule has 96 valence electrons. The molecule has 0 spiro atoms. The molecule has 2 rings (SSSR count). The summed E-state index contributed by atoms with van der Waals surface area (Å²) in [4.78, 5) is 2.28. The molecule has 18 heavy (non-hydrogen) atoms. The van der Waals surface area contributed by atoms with Crippen molar-refractivity contribution in [3.63, 3.8) is 0 Å². The van der Waals surface area contributed by atoms with Crippen molar-refractivity contribution < 1.29 is 5.11 Å². The molecular formula is C14H19N3O. The van der Waals surface area contributed by atoms with Gasteiger partial charge in [-0.25, -0.2) is 0 Å². The number of hydrogen-bond donors (Lipinski definition) is 2. The fourth-order valence-electron chi connectivity index (χ4n) is 2.44. The van der Waals surface area contributed by atoms with Crippen LogP contribution in [-0.4, -0.2) is 41.8 Å². The molecule has 0 amide bonds. The van der Waals surface area contributed by atoms with Crippen LogP contribution in [-0.2, 0) is 6.54 Å². The average molecular weight is 245 g/mol. The maximum Gasteiger partial charge on any atom is 0.120 e. The first-order valence-electron chi connectivity index (χ1n) is 6.31. The first kappa shape index (κ1) is 13.0. The highest BCUT2D eigenvalue weighted by molar-refractivity contribution is 5.17.